The van der Waals surface area contributed by atoms with Crippen LogP contribution >= 0.6 is 0 Å². The summed E-state index contributed by atoms with van der Waals surface area (Å²) in [7, 11) is 2.10. The van der Waals surface area contributed by atoms with Crippen molar-refractivity contribution in [3.8, 4) is 5.75 Å². The number of benzene rings is 2. The number of ether oxygens (including phenoxy) is 1. The number of likely N-dealkylation sites (tertiary alicyclic amines) is 1. The fourth-order valence-corrected chi connectivity index (χ4v) is 4.56. The standard InChI is InChI=1S/C27H27N5O6/c1-17-25(37-22-9-11-30(2)12-10-22)8-5-19-13-20(27(34)38-26(17)19)14-24(33)23-16-31(29-28-23)15-18-3-6-21(7-4-18)32(35)36/h3-8,13,16,22H,9-12,14-15H2,1-2H3. The number of aryl methyl sites for hydroxylation is 1. The fraction of sp³-hybridized carbons (Fsp3) is 0.333. The molecule has 1 saturated heterocycles. The van der Waals surface area contributed by atoms with Crippen LogP contribution in [0, 0.1) is 17.0 Å². The van der Waals surface area contributed by atoms with Crippen LogP contribution in [-0.4, -0.2) is 56.8 Å². The number of carbonyl (C=O) groups is 1. The van der Waals surface area contributed by atoms with E-state index in [4.69, 9.17) is 9.15 Å². The van der Waals surface area contributed by atoms with Crippen molar-refractivity contribution in [1.82, 2.24) is 19.9 Å². The van der Waals surface area contributed by atoms with Crippen molar-refractivity contribution in [2.24, 2.45) is 0 Å². The number of nitro groups is 1. The van der Waals surface area contributed by atoms with Crippen molar-refractivity contribution in [2.45, 2.75) is 38.8 Å². The van der Waals surface area contributed by atoms with Gasteiger partial charge in [-0.1, -0.05) is 17.3 Å². The molecule has 196 valence electrons. The van der Waals surface area contributed by atoms with Crippen molar-refractivity contribution in [3.63, 3.8) is 0 Å². The minimum Gasteiger partial charge on any atom is -0.490 e. The summed E-state index contributed by atoms with van der Waals surface area (Å²) in [4.78, 5) is 38.2. The highest BCUT2D eigenvalue weighted by Crippen LogP contribution is 2.29. The molecule has 0 unspecified atom stereocenters. The Hall–Kier alpha value is -4.38. The number of fused-ring (bicyclic) bond motifs is 1. The smallest absolute Gasteiger partial charge is 0.339 e. The molecule has 0 saturated carbocycles. The first-order chi connectivity index (χ1) is 18.3. The molecule has 1 fully saturated rings. The predicted molar refractivity (Wildman–Crippen MR) is 139 cm³/mol. The van der Waals surface area contributed by atoms with E-state index in [1.807, 2.05) is 19.1 Å². The Labute approximate surface area is 217 Å². The summed E-state index contributed by atoms with van der Waals surface area (Å²) in [5.74, 6) is 0.328. The lowest BCUT2D eigenvalue weighted by Gasteiger charge is -2.29. The monoisotopic (exact) mass is 517 g/mol. The van der Waals surface area contributed by atoms with E-state index < -0.39 is 10.5 Å². The fourth-order valence-electron chi connectivity index (χ4n) is 4.56. The molecule has 11 heteroatoms. The van der Waals surface area contributed by atoms with Crippen LogP contribution in [0.25, 0.3) is 11.0 Å². The summed E-state index contributed by atoms with van der Waals surface area (Å²) >= 11 is 0. The number of hydrogen-bond acceptors (Lipinski definition) is 9. The molecule has 0 amide bonds. The highest BCUT2D eigenvalue weighted by Gasteiger charge is 2.21. The molecule has 11 nitrogen and oxygen atoms in total. The van der Waals surface area contributed by atoms with Gasteiger partial charge in [0.15, 0.2) is 5.78 Å². The molecule has 0 radical (unpaired) electrons. The number of hydrogen-bond donors (Lipinski definition) is 0. The number of rotatable bonds is 8. The number of nitrogens with zero attached hydrogens (tertiary/aromatic N) is 5. The number of nitro benzene ring substituents is 1. The first kappa shape index (κ1) is 25.3. The first-order valence-electron chi connectivity index (χ1n) is 12.3. The molecule has 3 heterocycles. The van der Waals surface area contributed by atoms with Gasteiger partial charge in [-0.25, -0.2) is 9.48 Å². The van der Waals surface area contributed by atoms with Crippen molar-refractivity contribution < 1.29 is 18.9 Å². The molecule has 4 aromatic rings. The molecular formula is C27H27N5O6. The maximum atomic E-state index is 12.9. The molecule has 2 aromatic heterocycles. The second kappa shape index (κ2) is 10.5. The largest absolute Gasteiger partial charge is 0.490 e. The van der Waals surface area contributed by atoms with Crippen molar-refractivity contribution in [1.29, 1.82) is 0 Å². The third-order valence-electron chi connectivity index (χ3n) is 6.80. The molecule has 1 aliphatic rings. The van der Waals surface area contributed by atoms with Gasteiger partial charge in [0.25, 0.3) is 5.69 Å². The van der Waals surface area contributed by atoms with Gasteiger partial charge in [0.2, 0.25) is 0 Å². The number of aromatic nitrogens is 3. The zero-order chi connectivity index (χ0) is 26.8. The Kier molecular flexibility index (Phi) is 7.01. The van der Waals surface area contributed by atoms with E-state index in [0.717, 1.165) is 37.1 Å². The summed E-state index contributed by atoms with van der Waals surface area (Å²) in [5, 5.41) is 19.4. The Bertz CT molecular complexity index is 1550. The van der Waals surface area contributed by atoms with Gasteiger partial charge in [0, 0.05) is 48.2 Å². The van der Waals surface area contributed by atoms with E-state index in [1.165, 1.54) is 23.0 Å². The average molecular weight is 518 g/mol. The van der Waals surface area contributed by atoms with E-state index in [-0.39, 0.29) is 41.8 Å². The van der Waals surface area contributed by atoms with Crippen LogP contribution in [0.5, 0.6) is 5.75 Å². The van der Waals surface area contributed by atoms with Gasteiger partial charge in [0.05, 0.1) is 17.7 Å². The summed E-state index contributed by atoms with van der Waals surface area (Å²) in [6.45, 7) is 4.12. The number of Topliss-reactive ketones (excluding diaryl/α,β-unsaturated/α-hetero) is 1. The van der Waals surface area contributed by atoms with Crippen LogP contribution in [0.4, 0.5) is 5.69 Å². The Morgan fingerprint density at radius 3 is 2.63 bits per heavy atom. The predicted octanol–water partition coefficient (Wildman–Crippen LogP) is 3.55. The van der Waals surface area contributed by atoms with E-state index in [9.17, 15) is 19.7 Å². The highest BCUT2D eigenvalue weighted by atomic mass is 16.6. The van der Waals surface area contributed by atoms with Crippen molar-refractivity contribution in [2.75, 3.05) is 20.1 Å². The van der Waals surface area contributed by atoms with Crippen LogP contribution in [0.2, 0.25) is 0 Å². The molecule has 0 atom stereocenters. The first-order valence-corrected chi connectivity index (χ1v) is 12.3. The van der Waals surface area contributed by atoms with Crippen molar-refractivity contribution >= 4 is 22.4 Å². The zero-order valence-electron chi connectivity index (χ0n) is 21.1. The second-order valence-corrected chi connectivity index (χ2v) is 9.61. The van der Waals surface area contributed by atoms with Crippen LogP contribution in [0.15, 0.2) is 57.9 Å². The van der Waals surface area contributed by atoms with Crippen LogP contribution in [0.3, 0.4) is 0 Å². The number of piperidine rings is 1. The number of non-ortho nitro benzene ring substituents is 1. The lowest BCUT2D eigenvalue weighted by Crippen LogP contribution is -2.35. The minimum absolute atomic E-state index is 0.00591. The maximum absolute atomic E-state index is 12.9. The summed E-state index contributed by atoms with van der Waals surface area (Å²) < 4.78 is 13.3. The normalized spacial score (nSPS) is 14.6. The molecule has 38 heavy (non-hydrogen) atoms. The van der Waals surface area contributed by atoms with E-state index in [1.54, 1.807) is 18.2 Å². The SMILES string of the molecule is Cc1c(OC2CCN(C)CC2)ccc2cc(CC(=O)c3cn(Cc4ccc([N+](=O)[O-])cc4)nn3)c(=O)oc12. The molecule has 0 aliphatic carbocycles. The third kappa shape index (κ3) is 5.47. The lowest BCUT2D eigenvalue weighted by atomic mass is 10.0. The Morgan fingerprint density at radius 2 is 1.92 bits per heavy atom. The second-order valence-electron chi connectivity index (χ2n) is 9.61. The van der Waals surface area contributed by atoms with E-state index in [0.29, 0.717) is 16.7 Å². The van der Waals surface area contributed by atoms with Gasteiger partial charge in [-0.15, -0.1) is 5.10 Å². The van der Waals surface area contributed by atoms with Gasteiger partial charge in [-0.05, 0) is 50.6 Å². The maximum Gasteiger partial charge on any atom is 0.339 e. The van der Waals surface area contributed by atoms with Crippen LogP contribution < -0.4 is 10.4 Å². The van der Waals surface area contributed by atoms with Gasteiger partial charge in [-0.2, -0.15) is 0 Å². The topological polar surface area (TPSA) is 134 Å². The lowest BCUT2D eigenvalue weighted by molar-refractivity contribution is -0.384. The zero-order valence-corrected chi connectivity index (χ0v) is 21.1. The highest BCUT2D eigenvalue weighted by molar-refractivity contribution is 5.95. The van der Waals surface area contributed by atoms with Crippen molar-refractivity contribution in [3.05, 3.63) is 91.6 Å². The Balaban J connectivity index is 1.28. The summed E-state index contributed by atoms with van der Waals surface area (Å²) in [6.07, 6.45) is 3.32. The number of carbonyl (C=O) groups excluding carboxylic acids is 1. The minimum atomic E-state index is -0.580. The quantitative estimate of drug-likeness (QED) is 0.149. The Morgan fingerprint density at radius 1 is 1.18 bits per heavy atom. The van der Waals surface area contributed by atoms with E-state index in [2.05, 4.69) is 22.3 Å². The molecule has 5 rings (SSSR count). The third-order valence-corrected chi connectivity index (χ3v) is 6.80. The number of ketones is 1. The van der Waals surface area contributed by atoms with Crippen LogP contribution in [0.1, 0.15) is 40.0 Å². The molecular weight excluding hydrogens is 490 g/mol. The van der Waals surface area contributed by atoms with Crippen LogP contribution in [-0.2, 0) is 13.0 Å². The summed E-state index contributed by atoms with van der Waals surface area (Å²) in [5.41, 5.74) is 1.73. The molecule has 2 aromatic carbocycles. The van der Waals surface area contributed by atoms with Gasteiger partial charge in [0.1, 0.15) is 23.1 Å². The van der Waals surface area contributed by atoms with E-state index >= 15 is 0 Å². The molecule has 0 N–H and O–H groups in total. The summed E-state index contributed by atoms with van der Waals surface area (Å²) in [6, 6.07) is 11.4. The molecule has 0 bridgehead atoms. The molecule has 0 spiro atoms. The molecule has 1 aliphatic heterocycles. The average Bonchev–Trinajstić information content (AvgIpc) is 3.37. The van der Waals surface area contributed by atoms with Gasteiger partial charge >= 0.3 is 5.63 Å². The van der Waals surface area contributed by atoms with Gasteiger partial charge < -0.3 is 14.1 Å². The van der Waals surface area contributed by atoms with Gasteiger partial charge in [-0.3, -0.25) is 14.9 Å².